The van der Waals surface area contributed by atoms with Crippen molar-refractivity contribution in [1.82, 2.24) is 4.90 Å². The van der Waals surface area contributed by atoms with Gasteiger partial charge in [-0.3, -0.25) is 9.69 Å². The molecule has 0 aromatic rings. The van der Waals surface area contributed by atoms with Gasteiger partial charge < -0.3 is 10.8 Å². The molecule has 0 aromatic carbocycles. The predicted molar refractivity (Wildman–Crippen MR) is 73.8 cm³/mol. The molecular formula is C15H26N2O2. The second-order valence-electron chi connectivity index (χ2n) is 7.09. The van der Waals surface area contributed by atoms with Crippen LogP contribution in [0.5, 0.6) is 0 Å². The van der Waals surface area contributed by atoms with Crippen LogP contribution in [0.1, 0.15) is 51.9 Å². The summed E-state index contributed by atoms with van der Waals surface area (Å²) >= 11 is 0. The molecule has 0 unspecified atom stereocenters. The number of carboxylic acid groups (broad SMARTS) is 1. The van der Waals surface area contributed by atoms with Crippen molar-refractivity contribution in [2.75, 3.05) is 6.54 Å². The average Bonchev–Trinajstić information content (AvgIpc) is 2.92. The molecule has 2 aliphatic heterocycles. The fraction of sp³-hybridized carbons (Fsp3) is 0.933. The van der Waals surface area contributed by atoms with E-state index >= 15 is 0 Å². The van der Waals surface area contributed by atoms with Crippen molar-refractivity contribution in [2.24, 2.45) is 17.6 Å². The Kier molecular flexibility index (Phi) is 3.34. The third-order valence-corrected chi connectivity index (χ3v) is 5.86. The lowest BCUT2D eigenvalue weighted by molar-refractivity contribution is -0.148. The largest absolute Gasteiger partial charge is 0.480 e. The second kappa shape index (κ2) is 4.74. The number of carboxylic acids is 1. The van der Waals surface area contributed by atoms with Crippen LogP contribution in [0.4, 0.5) is 0 Å². The summed E-state index contributed by atoms with van der Waals surface area (Å²) in [5.74, 6) is -0.231. The number of hydrogen-bond donors (Lipinski definition) is 2. The second-order valence-corrected chi connectivity index (χ2v) is 7.09. The quantitative estimate of drug-likeness (QED) is 0.818. The zero-order chi connectivity index (χ0) is 13.6. The zero-order valence-corrected chi connectivity index (χ0v) is 11.8. The first-order valence-electron chi connectivity index (χ1n) is 7.78. The Labute approximate surface area is 115 Å². The van der Waals surface area contributed by atoms with E-state index in [1.807, 2.05) is 0 Å². The summed E-state index contributed by atoms with van der Waals surface area (Å²) in [5.41, 5.74) is 5.30. The van der Waals surface area contributed by atoms with Crippen molar-refractivity contribution in [3.8, 4) is 0 Å². The highest BCUT2D eigenvalue weighted by atomic mass is 16.4. The summed E-state index contributed by atoms with van der Waals surface area (Å²) in [6, 6.07) is 1.42. The van der Waals surface area contributed by atoms with Crippen molar-refractivity contribution in [1.29, 1.82) is 0 Å². The van der Waals surface area contributed by atoms with Crippen molar-refractivity contribution in [3.63, 3.8) is 0 Å². The predicted octanol–water partition coefficient (Wildman–Crippen LogP) is 1.83. The van der Waals surface area contributed by atoms with Crippen LogP contribution in [-0.2, 0) is 4.79 Å². The number of nitrogens with two attached hydrogens (primary N) is 1. The fourth-order valence-corrected chi connectivity index (χ4v) is 4.68. The van der Waals surface area contributed by atoms with Crippen molar-refractivity contribution < 1.29 is 9.90 Å². The average molecular weight is 266 g/mol. The third kappa shape index (κ3) is 2.19. The molecule has 3 N–H and O–H groups in total. The Balaban J connectivity index is 1.73. The van der Waals surface area contributed by atoms with Gasteiger partial charge >= 0.3 is 5.97 Å². The van der Waals surface area contributed by atoms with Gasteiger partial charge in [-0.25, -0.2) is 0 Å². The van der Waals surface area contributed by atoms with Gasteiger partial charge in [-0.05, 0) is 44.4 Å². The van der Waals surface area contributed by atoms with Gasteiger partial charge in [-0.2, -0.15) is 0 Å². The van der Waals surface area contributed by atoms with E-state index in [0.29, 0.717) is 24.4 Å². The number of aliphatic carboxylic acids is 1. The lowest BCUT2D eigenvalue weighted by atomic mass is 9.69. The summed E-state index contributed by atoms with van der Waals surface area (Å²) in [6.07, 6.45) is 7.95. The minimum absolute atomic E-state index is 0.127. The van der Waals surface area contributed by atoms with Gasteiger partial charge in [0.1, 0.15) is 5.54 Å². The molecule has 3 rings (SSSR count). The van der Waals surface area contributed by atoms with Crippen LogP contribution >= 0.6 is 0 Å². The van der Waals surface area contributed by atoms with Crippen LogP contribution in [0.2, 0.25) is 0 Å². The maximum atomic E-state index is 11.6. The maximum Gasteiger partial charge on any atom is 0.324 e. The molecule has 3 atom stereocenters. The Morgan fingerprint density at radius 1 is 1.21 bits per heavy atom. The number of rotatable bonds is 3. The lowest BCUT2D eigenvalue weighted by Crippen LogP contribution is -2.60. The molecule has 0 spiro atoms. The van der Waals surface area contributed by atoms with Crippen LogP contribution in [-0.4, -0.2) is 40.1 Å². The van der Waals surface area contributed by atoms with E-state index in [9.17, 15) is 9.90 Å². The summed E-state index contributed by atoms with van der Waals surface area (Å²) in [7, 11) is 0. The molecule has 2 bridgehead atoms. The summed E-state index contributed by atoms with van der Waals surface area (Å²) < 4.78 is 0. The van der Waals surface area contributed by atoms with Crippen molar-refractivity contribution in [2.45, 2.75) is 69.5 Å². The number of carbonyl (C=O) groups is 1. The fourth-order valence-electron chi connectivity index (χ4n) is 4.68. The molecule has 4 nitrogen and oxygen atoms in total. The van der Waals surface area contributed by atoms with Crippen molar-refractivity contribution >= 4 is 5.97 Å². The molecule has 2 saturated heterocycles. The van der Waals surface area contributed by atoms with Gasteiger partial charge in [0, 0.05) is 24.5 Å². The highest BCUT2D eigenvalue weighted by molar-refractivity contribution is 5.79. The van der Waals surface area contributed by atoms with Gasteiger partial charge in [0.2, 0.25) is 0 Å². The topological polar surface area (TPSA) is 66.6 Å². The minimum Gasteiger partial charge on any atom is -0.480 e. The number of fused-ring (bicyclic) bond motifs is 2. The molecule has 4 heteroatoms. The molecule has 2 heterocycles. The van der Waals surface area contributed by atoms with Gasteiger partial charge in [0.25, 0.3) is 0 Å². The highest BCUT2D eigenvalue weighted by Crippen LogP contribution is 2.42. The van der Waals surface area contributed by atoms with E-state index in [1.165, 1.54) is 25.7 Å². The van der Waals surface area contributed by atoms with E-state index in [4.69, 9.17) is 5.73 Å². The lowest BCUT2D eigenvalue weighted by Gasteiger charge is -2.42. The SMILES string of the molecule is C[C@@H]1CC[C@@H](CN2C3CCC2CC3)[C@@](N)(C(=O)O)C1. The Morgan fingerprint density at radius 3 is 2.32 bits per heavy atom. The molecular weight excluding hydrogens is 240 g/mol. The van der Waals surface area contributed by atoms with Gasteiger partial charge in [-0.15, -0.1) is 0 Å². The standard InChI is InChI=1S/C15H26N2O2/c1-10-2-3-11(15(16,8-10)14(18)19)9-17-12-4-5-13(17)7-6-12/h10-13H,2-9,16H2,1H3,(H,18,19)/t10-,11+,12?,13?,15-/m1/s1. The molecule has 3 aliphatic rings. The maximum absolute atomic E-state index is 11.6. The van der Waals surface area contributed by atoms with E-state index in [-0.39, 0.29) is 5.92 Å². The van der Waals surface area contributed by atoms with Crippen LogP contribution in [0, 0.1) is 11.8 Å². The molecule has 19 heavy (non-hydrogen) atoms. The molecule has 0 aromatic heterocycles. The first kappa shape index (κ1) is 13.4. The van der Waals surface area contributed by atoms with Gasteiger partial charge in [-0.1, -0.05) is 13.3 Å². The summed E-state index contributed by atoms with van der Waals surface area (Å²) in [4.78, 5) is 14.2. The Morgan fingerprint density at radius 2 is 1.79 bits per heavy atom. The smallest absolute Gasteiger partial charge is 0.324 e. The summed E-state index contributed by atoms with van der Waals surface area (Å²) in [5, 5.41) is 9.56. The molecule has 3 fully saturated rings. The molecule has 0 radical (unpaired) electrons. The van der Waals surface area contributed by atoms with Gasteiger partial charge in [0.05, 0.1) is 0 Å². The van der Waals surface area contributed by atoms with Crippen molar-refractivity contribution in [3.05, 3.63) is 0 Å². The third-order valence-electron chi connectivity index (χ3n) is 5.86. The summed E-state index contributed by atoms with van der Waals surface area (Å²) in [6.45, 7) is 3.03. The monoisotopic (exact) mass is 266 g/mol. The Bertz CT molecular complexity index is 353. The molecule has 0 amide bonds. The van der Waals surface area contributed by atoms with E-state index in [1.54, 1.807) is 0 Å². The van der Waals surface area contributed by atoms with E-state index < -0.39 is 11.5 Å². The Hall–Kier alpha value is -0.610. The zero-order valence-electron chi connectivity index (χ0n) is 11.8. The first-order chi connectivity index (χ1) is 9.00. The van der Waals surface area contributed by atoms with Crippen LogP contribution in [0.3, 0.4) is 0 Å². The molecule has 1 aliphatic carbocycles. The molecule has 1 saturated carbocycles. The number of nitrogens with zero attached hydrogens (tertiary/aromatic N) is 1. The minimum atomic E-state index is -1.00. The van der Waals surface area contributed by atoms with Gasteiger partial charge in [0.15, 0.2) is 0 Å². The van der Waals surface area contributed by atoms with Crippen LogP contribution in [0.25, 0.3) is 0 Å². The highest BCUT2D eigenvalue weighted by Gasteiger charge is 2.49. The van der Waals surface area contributed by atoms with E-state index in [0.717, 1.165) is 19.4 Å². The van der Waals surface area contributed by atoms with Crippen LogP contribution in [0.15, 0.2) is 0 Å². The van der Waals surface area contributed by atoms with E-state index in [2.05, 4.69) is 11.8 Å². The number of hydrogen-bond acceptors (Lipinski definition) is 3. The first-order valence-corrected chi connectivity index (χ1v) is 7.78. The normalized spacial score (nSPS) is 46.6. The molecule has 108 valence electrons. The van der Waals surface area contributed by atoms with Crippen LogP contribution < -0.4 is 5.73 Å².